The van der Waals surface area contributed by atoms with Gasteiger partial charge in [-0.15, -0.1) is 0 Å². The fourth-order valence-electron chi connectivity index (χ4n) is 3.76. The van der Waals surface area contributed by atoms with Crippen LogP contribution < -0.4 is 4.72 Å². The molecule has 0 saturated heterocycles. The largest absolute Gasteiger partial charge is 0.294 e. The molecule has 0 unspecified atom stereocenters. The summed E-state index contributed by atoms with van der Waals surface area (Å²) < 4.78 is 57.0. The second-order valence-electron chi connectivity index (χ2n) is 9.49. The van der Waals surface area contributed by atoms with E-state index in [1.807, 2.05) is 6.92 Å². The van der Waals surface area contributed by atoms with Gasteiger partial charge < -0.3 is 0 Å². The Morgan fingerprint density at radius 3 is 2.03 bits per heavy atom. The van der Waals surface area contributed by atoms with Crippen LogP contribution in [0.15, 0.2) is 82.7 Å². The van der Waals surface area contributed by atoms with Crippen LogP contribution in [0.25, 0.3) is 10.9 Å². The van der Waals surface area contributed by atoms with E-state index in [1.165, 1.54) is 54.7 Å². The maximum atomic E-state index is 13.6. The molecule has 0 amide bonds. The first-order valence-electron chi connectivity index (χ1n) is 11.0. The van der Waals surface area contributed by atoms with Crippen molar-refractivity contribution >= 4 is 54.0 Å². The number of anilines is 1. The summed E-state index contributed by atoms with van der Waals surface area (Å²) in [7, 11) is -8.15. The predicted molar refractivity (Wildman–Crippen MR) is 142 cm³/mol. The number of fused-ring (bicyclic) bond motifs is 1. The van der Waals surface area contributed by atoms with Crippen molar-refractivity contribution in [3.05, 3.63) is 89.1 Å². The van der Waals surface area contributed by atoms with Crippen LogP contribution in [0.3, 0.4) is 0 Å². The number of sulfonamides is 1. The molecule has 0 atom stereocenters. The van der Waals surface area contributed by atoms with Crippen LogP contribution in [0.2, 0.25) is 5.02 Å². The fraction of sp³-hybridized carbons (Fsp3) is 0.192. The van der Waals surface area contributed by atoms with Gasteiger partial charge in [-0.25, -0.2) is 20.8 Å². The van der Waals surface area contributed by atoms with E-state index in [0.717, 1.165) is 9.54 Å². The number of carbonyl (C=O) groups excluding carboxylic acids is 1. The van der Waals surface area contributed by atoms with Gasteiger partial charge in [-0.3, -0.25) is 9.52 Å². The van der Waals surface area contributed by atoms with Gasteiger partial charge in [0.05, 0.1) is 21.0 Å². The zero-order valence-electron chi connectivity index (χ0n) is 20.1. The summed E-state index contributed by atoms with van der Waals surface area (Å²) in [6.45, 7) is 7.00. The standard InChI is InChI=1S/C26H25ClN2O5S2/c1-17-8-12-20(13-9-17)36(33,34)29-16-21(25(30)26(2,3)4)24-22(6-5-7-23(24)29)28-35(31,32)19-14-10-18(27)11-15-19/h5-16,28H,1-4H3. The smallest absolute Gasteiger partial charge is 0.268 e. The summed E-state index contributed by atoms with van der Waals surface area (Å²) >= 11 is 5.89. The number of hydrogen-bond donors (Lipinski definition) is 1. The molecule has 4 rings (SSSR count). The summed E-state index contributed by atoms with van der Waals surface area (Å²) in [6, 6.07) is 16.6. The number of benzene rings is 3. The van der Waals surface area contributed by atoms with Crippen LogP contribution in [-0.2, 0) is 20.0 Å². The van der Waals surface area contributed by atoms with Gasteiger partial charge in [0.25, 0.3) is 20.0 Å². The monoisotopic (exact) mass is 544 g/mol. The van der Waals surface area contributed by atoms with E-state index in [-0.39, 0.29) is 37.7 Å². The van der Waals surface area contributed by atoms with E-state index in [9.17, 15) is 21.6 Å². The molecular weight excluding hydrogens is 520 g/mol. The summed E-state index contributed by atoms with van der Waals surface area (Å²) in [5, 5.41) is 0.582. The molecule has 0 aliphatic rings. The Morgan fingerprint density at radius 1 is 0.861 bits per heavy atom. The van der Waals surface area contributed by atoms with Crippen LogP contribution in [0, 0.1) is 12.3 Å². The maximum Gasteiger partial charge on any atom is 0.268 e. The van der Waals surface area contributed by atoms with Crippen molar-refractivity contribution in [3.63, 3.8) is 0 Å². The number of rotatable bonds is 6. The minimum Gasteiger partial charge on any atom is -0.294 e. The lowest BCUT2D eigenvalue weighted by Crippen LogP contribution is -2.20. The van der Waals surface area contributed by atoms with E-state index in [2.05, 4.69) is 4.72 Å². The van der Waals surface area contributed by atoms with Gasteiger partial charge >= 0.3 is 0 Å². The minimum atomic E-state index is -4.09. The molecule has 1 N–H and O–H groups in total. The van der Waals surface area contributed by atoms with Crippen molar-refractivity contribution in [1.82, 2.24) is 3.97 Å². The number of aryl methyl sites for hydroxylation is 1. The van der Waals surface area contributed by atoms with Gasteiger partial charge in [0.15, 0.2) is 5.78 Å². The Kier molecular flexibility index (Phi) is 6.53. The number of hydrogen-bond acceptors (Lipinski definition) is 5. The number of nitrogens with zero attached hydrogens (tertiary/aromatic N) is 1. The lowest BCUT2D eigenvalue weighted by molar-refractivity contribution is 0.0860. The zero-order chi connectivity index (χ0) is 26.5. The van der Waals surface area contributed by atoms with Crippen molar-refractivity contribution in [2.75, 3.05) is 4.72 Å². The van der Waals surface area contributed by atoms with Crippen LogP contribution in [-0.4, -0.2) is 26.6 Å². The molecule has 0 fully saturated rings. The molecule has 0 bridgehead atoms. The topological polar surface area (TPSA) is 102 Å². The van der Waals surface area contributed by atoms with E-state index in [4.69, 9.17) is 11.6 Å². The highest BCUT2D eigenvalue weighted by molar-refractivity contribution is 7.92. The Hall–Kier alpha value is -3.14. The first-order chi connectivity index (χ1) is 16.7. The van der Waals surface area contributed by atoms with E-state index >= 15 is 0 Å². The van der Waals surface area contributed by atoms with E-state index in [0.29, 0.717) is 5.02 Å². The van der Waals surface area contributed by atoms with Crippen LogP contribution in [0.4, 0.5) is 5.69 Å². The van der Waals surface area contributed by atoms with Crippen molar-refractivity contribution < 1.29 is 21.6 Å². The first kappa shape index (κ1) is 25.9. The van der Waals surface area contributed by atoms with Crippen molar-refractivity contribution in [2.24, 2.45) is 5.41 Å². The average Bonchev–Trinajstić information content (AvgIpc) is 3.20. The Morgan fingerprint density at radius 2 is 1.44 bits per heavy atom. The van der Waals surface area contributed by atoms with Crippen LogP contribution in [0.1, 0.15) is 36.7 Å². The van der Waals surface area contributed by atoms with Gasteiger partial charge in [-0.1, -0.05) is 56.1 Å². The quantitative estimate of drug-likeness (QED) is 0.306. The minimum absolute atomic E-state index is 0.0284. The molecule has 3 aromatic carbocycles. The predicted octanol–water partition coefficient (Wildman–Crippen LogP) is 5.87. The first-order valence-corrected chi connectivity index (χ1v) is 14.3. The number of ketones is 1. The Balaban J connectivity index is 1.96. The Bertz CT molecular complexity index is 1680. The molecule has 1 aromatic heterocycles. The third kappa shape index (κ3) is 4.78. The number of Topliss-reactive ketones (excluding diaryl/α,β-unsaturated/α-hetero) is 1. The number of carbonyl (C=O) groups is 1. The van der Waals surface area contributed by atoms with Crippen molar-refractivity contribution in [3.8, 4) is 0 Å². The molecule has 4 aromatic rings. The lowest BCUT2D eigenvalue weighted by atomic mass is 9.86. The highest BCUT2D eigenvalue weighted by Gasteiger charge is 2.31. The summed E-state index contributed by atoms with van der Waals surface area (Å²) in [6.07, 6.45) is 1.27. The summed E-state index contributed by atoms with van der Waals surface area (Å²) in [5.74, 6) is -0.330. The molecule has 0 saturated carbocycles. The molecule has 1 heterocycles. The molecule has 188 valence electrons. The van der Waals surface area contributed by atoms with Gasteiger partial charge in [0.2, 0.25) is 0 Å². The van der Waals surface area contributed by atoms with Crippen LogP contribution in [0.5, 0.6) is 0 Å². The molecule has 36 heavy (non-hydrogen) atoms. The number of nitrogens with one attached hydrogen (secondary N) is 1. The zero-order valence-corrected chi connectivity index (χ0v) is 22.5. The number of aromatic nitrogens is 1. The third-order valence-electron chi connectivity index (χ3n) is 5.67. The normalized spacial score (nSPS) is 12.6. The maximum absolute atomic E-state index is 13.6. The van der Waals surface area contributed by atoms with E-state index in [1.54, 1.807) is 39.0 Å². The van der Waals surface area contributed by atoms with Gasteiger partial charge in [-0.05, 0) is 55.5 Å². The van der Waals surface area contributed by atoms with Crippen LogP contribution >= 0.6 is 11.6 Å². The second kappa shape index (κ2) is 9.06. The molecule has 0 radical (unpaired) electrons. The Labute approximate surface area is 215 Å². The highest BCUT2D eigenvalue weighted by Crippen LogP contribution is 2.36. The van der Waals surface area contributed by atoms with E-state index < -0.39 is 25.5 Å². The highest BCUT2D eigenvalue weighted by atomic mass is 35.5. The summed E-state index contributed by atoms with van der Waals surface area (Å²) in [5.41, 5.74) is 0.415. The molecule has 0 aliphatic carbocycles. The van der Waals surface area contributed by atoms with Gasteiger partial charge in [0.1, 0.15) is 0 Å². The lowest BCUT2D eigenvalue weighted by Gasteiger charge is -2.17. The van der Waals surface area contributed by atoms with Crippen molar-refractivity contribution in [1.29, 1.82) is 0 Å². The molecule has 0 spiro atoms. The summed E-state index contributed by atoms with van der Waals surface area (Å²) in [4.78, 5) is 13.4. The van der Waals surface area contributed by atoms with Crippen molar-refractivity contribution in [2.45, 2.75) is 37.5 Å². The average molecular weight is 545 g/mol. The van der Waals surface area contributed by atoms with Gasteiger partial charge in [-0.2, -0.15) is 0 Å². The number of halogens is 1. The third-order valence-corrected chi connectivity index (χ3v) is 8.99. The molecule has 7 nitrogen and oxygen atoms in total. The second-order valence-corrected chi connectivity index (χ2v) is 13.4. The molecule has 10 heteroatoms. The molecular formula is C26H25ClN2O5S2. The fourth-order valence-corrected chi connectivity index (χ4v) is 6.32. The van der Waals surface area contributed by atoms with Gasteiger partial charge in [0, 0.05) is 27.6 Å². The SMILES string of the molecule is Cc1ccc(S(=O)(=O)n2cc(C(=O)C(C)(C)C)c3c(NS(=O)(=O)c4ccc(Cl)cc4)cccc32)cc1. The molecule has 0 aliphatic heterocycles.